The molecule has 0 saturated carbocycles. The van der Waals surface area contributed by atoms with Crippen molar-refractivity contribution in [3.8, 4) is 0 Å². The lowest BCUT2D eigenvalue weighted by Gasteiger charge is -2.24. The first-order chi connectivity index (χ1) is 9.72. The monoisotopic (exact) mass is 269 g/mol. The van der Waals surface area contributed by atoms with Gasteiger partial charge in [-0.2, -0.15) is 0 Å². The number of hydrogen-bond donors (Lipinski definition) is 2. The van der Waals surface area contributed by atoms with Crippen molar-refractivity contribution in [2.75, 3.05) is 5.32 Å². The molecule has 0 unspecified atom stereocenters. The third kappa shape index (κ3) is 2.59. The van der Waals surface area contributed by atoms with E-state index in [4.69, 9.17) is 5.73 Å². The molecule has 1 atom stereocenters. The number of hydrogen-bond acceptors (Lipinski definition) is 5. The van der Waals surface area contributed by atoms with Gasteiger partial charge in [-0.3, -0.25) is 9.78 Å². The van der Waals surface area contributed by atoms with Crippen LogP contribution in [0.15, 0.2) is 30.7 Å². The van der Waals surface area contributed by atoms with Crippen molar-refractivity contribution in [3.63, 3.8) is 0 Å². The number of pyridine rings is 1. The van der Waals surface area contributed by atoms with Gasteiger partial charge in [0.15, 0.2) is 0 Å². The van der Waals surface area contributed by atoms with Crippen molar-refractivity contribution in [2.24, 2.45) is 5.73 Å². The van der Waals surface area contributed by atoms with Gasteiger partial charge in [0, 0.05) is 36.7 Å². The Balaban J connectivity index is 1.69. The van der Waals surface area contributed by atoms with Gasteiger partial charge >= 0.3 is 0 Å². The highest BCUT2D eigenvalue weighted by atomic mass is 16.1. The molecule has 0 radical (unpaired) electrons. The number of primary amides is 1. The number of nitrogens with one attached hydrogen (secondary N) is 1. The van der Waals surface area contributed by atoms with Crippen LogP contribution in [0.25, 0.3) is 0 Å². The number of aryl methyl sites for hydroxylation is 1. The van der Waals surface area contributed by atoms with Crippen LogP contribution in [0.1, 0.15) is 28.0 Å². The molecule has 6 nitrogen and oxygen atoms in total. The highest BCUT2D eigenvalue weighted by Crippen LogP contribution is 2.20. The number of aromatic nitrogens is 3. The fraction of sp³-hybridized carbons (Fsp3) is 0.286. The summed E-state index contributed by atoms with van der Waals surface area (Å²) < 4.78 is 0. The van der Waals surface area contributed by atoms with Crippen LogP contribution in [0.2, 0.25) is 0 Å². The van der Waals surface area contributed by atoms with Crippen molar-refractivity contribution in [3.05, 3.63) is 47.5 Å². The van der Waals surface area contributed by atoms with Crippen molar-refractivity contribution in [1.29, 1.82) is 0 Å². The minimum absolute atomic E-state index is 0.261. The van der Waals surface area contributed by atoms with Crippen molar-refractivity contribution in [2.45, 2.75) is 25.3 Å². The first-order valence-electron chi connectivity index (χ1n) is 6.53. The lowest BCUT2D eigenvalue weighted by atomic mass is 9.92. The summed E-state index contributed by atoms with van der Waals surface area (Å²) in [5, 5.41) is 3.27. The summed E-state index contributed by atoms with van der Waals surface area (Å²) in [4.78, 5) is 23.6. The number of anilines is 1. The largest absolute Gasteiger partial charge is 0.366 e. The molecule has 0 saturated heterocycles. The van der Waals surface area contributed by atoms with E-state index in [1.54, 1.807) is 0 Å². The van der Waals surface area contributed by atoms with Gasteiger partial charge in [-0.15, -0.1) is 0 Å². The van der Waals surface area contributed by atoms with E-state index >= 15 is 0 Å². The average molecular weight is 269 g/mol. The molecule has 1 aliphatic rings. The van der Waals surface area contributed by atoms with E-state index in [1.807, 2.05) is 12.3 Å². The Morgan fingerprint density at radius 2 is 2.10 bits per heavy atom. The Morgan fingerprint density at radius 3 is 2.85 bits per heavy atom. The molecule has 2 heterocycles. The average Bonchev–Trinajstić information content (AvgIpc) is 2.48. The zero-order chi connectivity index (χ0) is 13.9. The molecule has 1 amide bonds. The van der Waals surface area contributed by atoms with Crippen molar-refractivity contribution >= 4 is 11.9 Å². The van der Waals surface area contributed by atoms with E-state index in [2.05, 4.69) is 26.3 Å². The molecule has 2 aromatic heterocycles. The second-order valence-corrected chi connectivity index (χ2v) is 4.85. The topological polar surface area (TPSA) is 93.8 Å². The first kappa shape index (κ1) is 12.5. The lowest BCUT2D eigenvalue weighted by molar-refractivity contribution is 0.0999. The molecule has 2 aromatic rings. The Labute approximate surface area is 116 Å². The van der Waals surface area contributed by atoms with Gasteiger partial charge in [-0.1, -0.05) is 6.07 Å². The molecule has 3 N–H and O–H groups in total. The maximum atomic E-state index is 11.0. The van der Waals surface area contributed by atoms with Gasteiger partial charge in [0.05, 0.1) is 5.56 Å². The molecule has 0 aliphatic heterocycles. The normalized spacial score (nSPS) is 17.3. The second kappa shape index (κ2) is 5.24. The van der Waals surface area contributed by atoms with Crippen LogP contribution in [-0.4, -0.2) is 26.9 Å². The summed E-state index contributed by atoms with van der Waals surface area (Å²) in [6.45, 7) is 0. The summed E-state index contributed by atoms with van der Waals surface area (Å²) in [7, 11) is 0. The number of amides is 1. The van der Waals surface area contributed by atoms with E-state index in [1.165, 1.54) is 18.0 Å². The zero-order valence-electron chi connectivity index (χ0n) is 10.9. The fourth-order valence-electron chi connectivity index (χ4n) is 2.38. The summed E-state index contributed by atoms with van der Waals surface area (Å²) >= 11 is 0. The number of nitrogens with two attached hydrogens (primary N) is 1. The van der Waals surface area contributed by atoms with Gasteiger partial charge in [-0.25, -0.2) is 9.97 Å². The Bertz CT molecular complexity index is 626. The summed E-state index contributed by atoms with van der Waals surface area (Å²) in [5.74, 6) is -0.00766. The van der Waals surface area contributed by atoms with Crippen LogP contribution in [-0.2, 0) is 12.8 Å². The van der Waals surface area contributed by atoms with E-state index < -0.39 is 5.91 Å². The number of rotatable bonds is 3. The molecule has 102 valence electrons. The Kier molecular flexibility index (Phi) is 3.28. The van der Waals surface area contributed by atoms with Gasteiger partial charge in [-0.05, 0) is 24.5 Å². The minimum atomic E-state index is -0.521. The second-order valence-electron chi connectivity index (χ2n) is 4.85. The molecule has 1 aliphatic carbocycles. The van der Waals surface area contributed by atoms with E-state index in [9.17, 15) is 4.79 Å². The highest BCUT2D eigenvalue weighted by Gasteiger charge is 2.19. The third-order valence-electron chi connectivity index (χ3n) is 3.46. The van der Waals surface area contributed by atoms with Gasteiger partial charge < -0.3 is 11.1 Å². The van der Waals surface area contributed by atoms with Crippen LogP contribution in [0.5, 0.6) is 0 Å². The zero-order valence-corrected chi connectivity index (χ0v) is 10.9. The van der Waals surface area contributed by atoms with Gasteiger partial charge in [0.1, 0.15) is 0 Å². The van der Waals surface area contributed by atoms with Crippen molar-refractivity contribution in [1.82, 2.24) is 15.0 Å². The Morgan fingerprint density at radius 1 is 1.30 bits per heavy atom. The summed E-state index contributed by atoms with van der Waals surface area (Å²) in [6.07, 6.45) is 7.57. The number of carbonyl (C=O) groups is 1. The number of carbonyl (C=O) groups excluding carboxylic acids is 1. The number of fused-ring (bicyclic) bond motifs is 1. The molecule has 0 bridgehead atoms. The lowest BCUT2D eigenvalue weighted by Crippen LogP contribution is -2.29. The number of nitrogens with zero attached hydrogens (tertiary/aromatic N) is 3. The van der Waals surface area contributed by atoms with E-state index in [-0.39, 0.29) is 6.04 Å². The van der Waals surface area contributed by atoms with Crippen molar-refractivity contribution < 1.29 is 4.79 Å². The first-order valence-corrected chi connectivity index (χ1v) is 6.53. The molecule has 0 fully saturated rings. The van der Waals surface area contributed by atoms with Gasteiger partial charge in [0.2, 0.25) is 5.95 Å². The standard InChI is InChI=1S/C14H15N5O/c15-13(20)10-7-17-14(18-8-10)19-11-4-3-9-2-1-5-16-12(9)6-11/h1-2,5,7-8,11H,3-4,6H2,(H2,15,20)(H,17,18,19)/t11-/m0/s1. The Hall–Kier alpha value is -2.50. The third-order valence-corrected chi connectivity index (χ3v) is 3.46. The van der Waals surface area contributed by atoms with Gasteiger partial charge in [0.25, 0.3) is 5.91 Å². The molecular weight excluding hydrogens is 254 g/mol. The van der Waals surface area contributed by atoms with Crippen LogP contribution >= 0.6 is 0 Å². The quantitative estimate of drug-likeness (QED) is 0.864. The highest BCUT2D eigenvalue weighted by molar-refractivity contribution is 5.92. The molecule has 3 rings (SSSR count). The van der Waals surface area contributed by atoms with Crippen LogP contribution in [0, 0.1) is 0 Å². The molecule has 6 heteroatoms. The smallest absolute Gasteiger partial charge is 0.251 e. The van der Waals surface area contributed by atoms with Crippen LogP contribution in [0.4, 0.5) is 5.95 Å². The fourth-order valence-corrected chi connectivity index (χ4v) is 2.38. The van der Waals surface area contributed by atoms with E-state index in [0.717, 1.165) is 25.0 Å². The minimum Gasteiger partial charge on any atom is -0.366 e. The predicted octanol–water partition coefficient (Wildman–Crippen LogP) is 0.940. The molecular formula is C14H15N5O. The van der Waals surface area contributed by atoms with Crippen LogP contribution in [0.3, 0.4) is 0 Å². The molecule has 0 spiro atoms. The summed E-state index contributed by atoms with van der Waals surface area (Å²) in [5.41, 5.74) is 7.91. The molecule has 0 aromatic carbocycles. The van der Waals surface area contributed by atoms with Crippen LogP contribution < -0.4 is 11.1 Å². The molecule has 20 heavy (non-hydrogen) atoms. The maximum absolute atomic E-state index is 11.0. The maximum Gasteiger partial charge on any atom is 0.251 e. The summed E-state index contributed by atoms with van der Waals surface area (Å²) in [6, 6.07) is 4.35. The predicted molar refractivity (Wildman–Crippen MR) is 74.2 cm³/mol. The SMILES string of the molecule is NC(=O)c1cnc(N[C@H]2CCc3cccnc3C2)nc1. The van der Waals surface area contributed by atoms with E-state index in [0.29, 0.717) is 11.5 Å².